The lowest BCUT2D eigenvalue weighted by Gasteiger charge is -2.15. The van der Waals surface area contributed by atoms with Gasteiger partial charge in [0.25, 0.3) is 0 Å². The number of nitrogens with one attached hydrogen (secondary N) is 1. The Balaban J connectivity index is 1.42. The molecule has 2 aromatic carbocycles. The summed E-state index contributed by atoms with van der Waals surface area (Å²) in [5, 5.41) is 11.2. The maximum atomic E-state index is 13.7. The summed E-state index contributed by atoms with van der Waals surface area (Å²) in [7, 11) is 0. The lowest BCUT2D eigenvalue weighted by molar-refractivity contribution is 0.183. The molecule has 2 N–H and O–H groups in total. The van der Waals surface area contributed by atoms with Crippen LogP contribution in [0.5, 0.6) is 5.75 Å². The fourth-order valence-electron chi connectivity index (χ4n) is 3.04. The van der Waals surface area contributed by atoms with Crippen molar-refractivity contribution in [3.63, 3.8) is 0 Å². The first kappa shape index (κ1) is 18.0. The van der Waals surface area contributed by atoms with Gasteiger partial charge >= 0.3 is 0 Å². The second kappa shape index (κ2) is 8.10. The van der Waals surface area contributed by atoms with Crippen LogP contribution in [0.25, 0.3) is 10.9 Å². The maximum absolute atomic E-state index is 13.7. The monoisotopic (exact) mass is 377 g/mol. The molecule has 4 aromatic rings. The molecule has 0 saturated carbocycles. The minimum Gasteiger partial charge on any atom is -0.489 e. The zero-order valence-corrected chi connectivity index (χ0v) is 15.1. The van der Waals surface area contributed by atoms with Crippen LogP contribution in [0.2, 0.25) is 0 Å². The molecule has 142 valence electrons. The molecule has 0 saturated heterocycles. The van der Waals surface area contributed by atoms with Crippen LogP contribution < -0.4 is 10.2 Å². The van der Waals surface area contributed by atoms with Gasteiger partial charge in [0.05, 0.1) is 18.3 Å². The minimum absolute atomic E-state index is 0.164. The summed E-state index contributed by atoms with van der Waals surface area (Å²) in [5.74, 6) is 0.266. The number of fused-ring (bicyclic) bond motifs is 1. The maximum Gasteiger partial charge on any atom is 0.147 e. The molecule has 0 spiro atoms. The van der Waals surface area contributed by atoms with Crippen molar-refractivity contribution in [1.29, 1.82) is 0 Å². The second-order valence-corrected chi connectivity index (χ2v) is 6.46. The molecule has 2 heterocycles. The Hall–Kier alpha value is -3.38. The zero-order chi connectivity index (χ0) is 19.3. The van der Waals surface area contributed by atoms with Crippen molar-refractivity contribution in [2.75, 3.05) is 12.0 Å². The highest BCUT2D eigenvalue weighted by atomic mass is 19.1. The van der Waals surface area contributed by atoms with Gasteiger partial charge in [-0.05, 0) is 35.9 Å². The average Bonchev–Trinajstić information content (AvgIpc) is 3.14. The Kier molecular flexibility index (Phi) is 5.21. The standard InChI is InChI=1S/C22H20FN3O2/c23-20-13-24-10-8-19(20)22(27)14-25-26-11-9-17-12-18(6-7-21(17)26)28-15-16-4-2-1-3-5-16/h1-13,22,25,27H,14-15H2. The number of aliphatic hydroxyl groups is 1. The van der Waals surface area contributed by atoms with E-state index in [1.165, 1.54) is 12.3 Å². The number of aromatic nitrogens is 2. The predicted molar refractivity (Wildman–Crippen MR) is 106 cm³/mol. The van der Waals surface area contributed by atoms with E-state index in [0.29, 0.717) is 6.61 Å². The molecule has 5 nitrogen and oxygen atoms in total. The number of hydrogen-bond donors (Lipinski definition) is 2. The molecule has 1 atom stereocenters. The smallest absolute Gasteiger partial charge is 0.147 e. The fraction of sp³-hybridized carbons (Fsp3) is 0.136. The number of benzene rings is 2. The first-order valence-electron chi connectivity index (χ1n) is 9.00. The van der Waals surface area contributed by atoms with Gasteiger partial charge in [0.1, 0.15) is 24.3 Å². The third kappa shape index (κ3) is 3.97. The number of hydrogen-bond acceptors (Lipinski definition) is 4. The average molecular weight is 377 g/mol. The molecule has 0 fully saturated rings. The van der Waals surface area contributed by atoms with Crippen molar-refractivity contribution in [1.82, 2.24) is 9.66 Å². The van der Waals surface area contributed by atoms with Crippen LogP contribution in [0.15, 0.2) is 79.3 Å². The van der Waals surface area contributed by atoms with Crippen molar-refractivity contribution in [2.45, 2.75) is 12.7 Å². The van der Waals surface area contributed by atoms with E-state index < -0.39 is 11.9 Å². The Morgan fingerprint density at radius 3 is 2.79 bits per heavy atom. The number of ether oxygens (including phenoxy) is 1. The summed E-state index contributed by atoms with van der Waals surface area (Å²) in [4.78, 5) is 3.70. The molecular weight excluding hydrogens is 357 g/mol. The third-order valence-electron chi connectivity index (χ3n) is 4.53. The summed E-state index contributed by atoms with van der Waals surface area (Å²) in [6.07, 6.45) is 3.44. The van der Waals surface area contributed by atoms with Crippen LogP contribution >= 0.6 is 0 Å². The number of halogens is 1. The van der Waals surface area contributed by atoms with E-state index >= 15 is 0 Å². The predicted octanol–water partition coefficient (Wildman–Crippen LogP) is 4.03. The molecule has 0 aliphatic heterocycles. The van der Waals surface area contributed by atoms with Crippen LogP contribution in [-0.2, 0) is 6.61 Å². The van der Waals surface area contributed by atoms with Crippen LogP contribution in [0.4, 0.5) is 4.39 Å². The van der Waals surface area contributed by atoms with E-state index in [2.05, 4.69) is 10.4 Å². The molecule has 0 bridgehead atoms. The van der Waals surface area contributed by atoms with Gasteiger partial charge in [-0.2, -0.15) is 0 Å². The number of aliphatic hydroxyl groups excluding tert-OH is 1. The first-order valence-corrected chi connectivity index (χ1v) is 9.00. The van der Waals surface area contributed by atoms with Crippen LogP contribution in [-0.4, -0.2) is 21.3 Å². The molecule has 2 aromatic heterocycles. The number of rotatable bonds is 7. The Bertz CT molecular complexity index is 1070. The molecule has 0 amide bonds. The lowest BCUT2D eigenvalue weighted by atomic mass is 10.1. The van der Waals surface area contributed by atoms with Gasteiger partial charge in [-0.15, -0.1) is 0 Å². The summed E-state index contributed by atoms with van der Waals surface area (Å²) in [5.41, 5.74) is 5.38. The molecular formula is C22H20FN3O2. The molecule has 28 heavy (non-hydrogen) atoms. The van der Waals surface area contributed by atoms with Crippen LogP contribution in [0.3, 0.4) is 0 Å². The van der Waals surface area contributed by atoms with Crippen LogP contribution in [0.1, 0.15) is 17.2 Å². The van der Waals surface area contributed by atoms with Crippen molar-refractivity contribution in [3.8, 4) is 5.75 Å². The molecule has 4 rings (SSSR count). The van der Waals surface area contributed by atoms with E-state index in [0.717, 1.165) is 28.4 Å². The summed E-state index contributed by atoms with van der Waals surface area (Å²) in [6, 6.07) is 19.2. The van der Waals surface area contributed by atoms with Crippen molar-refractivity contribution >= 4 is 10.9 Å². The molecule has 6 heteroatoms. The molecule has 0 aliphatic carbocycles. The van der Waals surface area contributed by atoms with Gasteiger partial charge in [0, 0.05) is 23.3 Å². The minimum atomic E-state index is -0.978. The number of nitrogens with zero attached hydrogens (tertiary/aromatic N) is 2. The normalized spacial score (nSPS) is 12.1. The van der Waals surface area contributed by atoms with Gasteiger partial charge in [-0.1, -0.05) is 30.3 Å². The number of pyridine rings is 1. The molecule has 1 unspecified atom stereocenters. The van der Waals surface area contributed by atoms with E-state index in [1.807, 2.05) is 60.8 Å². The van der Waals surface area contributed by atoms with Crippen molar-refractivity contribution in [2.24, 2.45) is 0 Å². The largest absolute Gasteiger partial charge is 0.489 e. The fourth-order valence-corrected chi connectivity index (χ4v) is 3.04. The summed E-state index contributed by atoms with van der Waals surface area (Å²) >= 11 is 0. The van der Waals surface area contributed by atoms with E-state index in [9.17, 15) is 9.50 Å². The van der Waals surface area contributed by atoms with Gasteiger partial charge in [-0.3, -0.25) is 9.66 Å². The van der Waals surface area contributed by atoms with Crippen molar-refractivity contribution in [3.05, 3.63) is 96.2 Å². The highest BCUT2D eigenvalue weighted by Crippen LogP contribution is 2.23. The Morgan fingerprint density at radius 1 is 1.11 bits per heavy atom. The second-order valence-electron chi connectivity index (χ2n) is 6.46. The van der Waals surface area contributed by atoms with Crippen molar-refractivity contribution < 1.29 is 14.2 Å². The van der Waals surface area contributed by atoms with Gasteiger partial charge < -0.3 is 15.3 Å². The summed E-state index contributed by atoms with van der Waals surface area (Å²) < 4.78 is 21.4. The SMILES string of the molecule is OC(CNn1ccc2cc(OCc3ccccc3)ccc21)c1ccncc1F. The quantitative estimate of drug-likeness (QED) is 0.511. The topological polar surface area (TPSA) is 59.3 Å². The first-order chi connectivity index (χ1) is 13.7. The van der Waals surface area contributed by atoms with Gasteiger partial charge in [0.2, 0.25) is 0 Å². The molecule has 0 radical (unpaired) electrons. The zero-order valence-electron chi connectivity index (χ0n) is 15.1. The van der Waals surface area contributed by atoms with Gasteiger partial charge in [0.15, 0.2) is 0 Å². The van der Waals surface area contributed by atoms with E-state index in [-0.39, 0.29) is 12.1 Å². The lowest BCUT2D eigenvalue weighted by Crippen LogP contribution is -2.21. The van der Waals surface area contributed by atoms with Crippen LogP contribution in [0, 0.1) is 5.82 Å². The molecule has 0 aliphatic rings. The van der Waals surface area contributed by atoms with Gasteiger partial charge in [-0.25, -0.2) is 4.39 Å². The highest BCUT2D eigenvalue weighted by Gasteiger charge is 2.13. The highest BCUT2D eigenvalue weighted by molar-refractivity contribution is 5.81. The Morgan fingerprint density at radius 2 is 1.96 bits per heavy atom. The summed E-state index contributed by atoms with van der Waals surface area (Å²) in [6.45, 7) is 0.673. The Labute approximate surface area is 162 Å². The third-order valence-corrected chi connectivity index (χ3v) is 4.53. The van der Waals surface area contributed by atoms with E-state index in [1.54, 1.807) is 4.68 Å². The van der Waals surface area contributed by atoms with E-state index in [4.69, 9.17) is 4.74 Å².